The minimum atomic E-state index is 0.0700. The number of ether oxygens (including phenoxy) is 1. The van der Waals surface area contributed by atoms with Gasteiger partial charge in [-0.1, -0.05) is 11.6 Å². The van der Waals surface area contributed by atoms with Gasteiger partial charge in [0.1, 0.15) is 0 Å². The molecule has 1 heterocycles. The van der Waals surface area contributed by atoms with Crippen molar-refractivity contribution < 1.29 is 9.53 Å². The van der Waals surface area contributed by atoms with Crippen LogP contribution in [0.25, 0.3) is 0 Å². The molecule has 2 rings (SSSR count). The van der Waals surface area contributed by atoms with Gasteiger partial charge in [-0.05, 0) is 43.5 Å². The number of aryl methyl sites for hydroxylation is 1. The summed E-state index contributed by atoms with van der Waals surface area (Å²) < 4.78 is 5.61. The highest BCUT2D eigenvalue weighted by molar-refractivity contribution is 6.31. The van der Waals surface area contributed by atoms with Crippen LogP contribution in [-0.2, 0) is 4.74 Å². The predicted octanol–water partition coefficient (Wildman–Crippen LogP) is 3.51. The molecule has 0 radical (unpaired) electrons. The largest absolute Gasteiger partial charge is 0.377 e. The number of piperidine rings is 1. The van der Waals surface area contributed by atoms with Crippen molar-refractivity contribution in [2.75, 3.05) is 25.6 Å². The molecule has 1 aliphatic heterocycles. The minimum Gasteiger partial charge on any atom is -0.377 e. The van der Waals surface area contributed by atoms with E-state index >= 15 is 0 Å². The molecule has 0 N–H and O–H groups in total. The molecule has 1 fully saturated rings. The summed E-state index contributed by atoms with van der Waals surface area (Å²) in [6.07, 6.45) is 1.97. The van der Waals surface area contributed by atoms with E-state index in [1.807, 2.05) is 17.9 Å². The maximum absolute atomic E-state index is 12.4. The van der Waals surface area contributed by atoms with Gasteiger partial charge >= 0.3 is 0 Å². The van der Waals surface area contributed by atoms with Crippen molar-refractivity contribution in [1.29, 1.82) is 0 Å². The number of benzene rings is 1. The molecule has 110 valence electrons. The number of hydrogen-bond acceptors (Lipinski definition) is 2. The van der Waals surface area contributed by atoms with E-state index in [-0.39, 0.29) is 12.0 Å². The average Bonchev–Trinajstić information content (AvgIpc) is 2.48. The fraction of sp³-hybridized carbons (Fsp3) is 0.533. The van der Waals surface area contributed by atoms with Crippen molar-refractivity contribution in [2.45, 2.75) is 25.9 Å². The zero-order valence-corrected chi connectivity index (χ0v) is 13.1. The van der Waals surface area contributed by atoms with E-state index in [0.717, 1.165) is 31.5 Å². The summed E-state index contributed by atoms with van der Waals surface area (Å²) in [7, 11) is 0. The summed E-state index contributed by atoms with van der Waals surface area (Å²) in [5.41, 5.74) is 1.63. The molecular weight excluding hydrogens is 297 g/mol. The number of amides is 1. The lowest BCUT2D eigenvalue weighted by atomic mass is 10.1. The molecule has 20 heavy (non-hydrogen) atoms. The monoisotopic (exact) mass is 315 g/mol. The van der Waals surface area contributed by atoms with Gasteiger partial charge in [0, 0.05) is 29.6 Å². The van der Waals surface area contributed by atoms with Crippen LogP contribution in [0.1, 0.15) is 28.8 Å². The Balaban J connectivity index is 1.92. The Hall–Kier alpha value is -0.770. The first-order valence-corrected chi connectivity index (χ1v) is 7.76. The van der Waals surface area contributed by atoms with Crippen LogP contribution >= 0.6 is 23.2 Å². The van der Waals surface area contributed by atoms with Crippen LogP contribution in [0, 0.1) is 6.92 Å². The minimum absolute atomic E-state index is 0.0700. The van der Waals surface area contributed by atoms with E-state index in [9.17, 15) is 4.79 Å². The summed E-state index contributed by atoms with van der Waals surface area (Å²) >= 11 is 11.6. The summed E-state index contributed by atoms with van der Waals surface area (Å²) in [4.78, 5) is 14.3. The van der Waals surface area contributed by atoms with Crippen molar-refractivity contribution >= 4 is 29.1 Å². The van der Waals surface area contributed by atoms with Crippen LogP contribution in [0.2, 0.25) is 5.02 Å². The van der Waals surface area contributed by atoms with E-state index in [1.54, 1.807) is 12.1 Å². The first-order valence-electron chi connectivity index (χ1n) is 6.85. The van der Waals surface area contributed by atoms with Crippen LogP contribution in [0.4, 0.5) is 0 Å². The summed E-state index contributed by atoms with van der Waals surface area (Å²) in [5, 5.41) is 0.690. The zero-order chi connectivity index (χ0) is 14.5. The number of alkyl halides is 1. The van der Waals surface area contributed by atoms with Crippen molar-refractivity contribution in [2.24, 2.45) is 0 Å². The number of nitrogens with zero attached hydrogens (tertiary/aromatic N) is 1. The Morgan fingerprint density at radius 3 is 2.70 bits per heavy atom. The van der Waals surface area contributed by atoms with Crippen molar-refractivity contribution in [1.82, 2.24) is 4.90 Å². The fourth-order valence-corrected chi connectivity index (χ4v) is 2.60. The van der Waals surface area contributed by atoms with Crippen molar-refractivity contribution in [3.05, 3.63) is 34.3 Å². The molecule has 0 unspecified atom stereocenters. The highest BCUT2D eigenvalue weighted by Crippen LogP contribution is 2.20. The average molecular weight is 316 g/mol. The first kappa shape index (κ1) is 15.6. The quantitative estimate of drug-likeness (QED) is 0.796. The van der Waals surface area contributed by atoms with E-state index < -0.39 is 0 Å². The zero-order valence-electron chi connectivity index (χ0n) is 11.6. The lowest BCUT2D eigenvalue weighted by Crippen LogP contribution is -2.41. The molecule has 1 aliphatic rings. The summed E-state index contributed by atoms with van der Waals surface area (Å²) in [5.74, 6) is 0.587. The Morgan fingerprint density at radius 2 is 2.10 bits per heavy atom. The van der Waals surface area contributed by atoms with Gasteiger partial charge in [-0.3, -0.25) is 4.79 Å². The topological polar surface area (TPSA) is 29.5 Å². The highest BCUT2D eigenvalue weighted by atomic mass is 35.5. The molecule has 0 saturated carbocycles. The van der Waals surface area contributed by atoms with Gasteiger partial charge < -0.3 is 9.64 Å². The molecule has 1 amide bonds. The number of carbonyl (C=O) groups is 1. The number of rotatable bonds is 4. The molecule has 1 aromatic rings. The SMILES string of the molecule is Cc1cc(C(=O)N2CCC(OCCCl)CC2)ccc1Cl. The number of hydrogen-bond donors (Lipinski definition) is 0. The van der Waals surface area contributed by atoms with Gasteiger partial charge in [-0.2, -0.15) is 0 Å². The van der Waals surface area contributed by atoms with Gasteiger partial charge in [-0.15, -0.1) is 11.6 Å². The Labute approximate surface area is 129 Å². The van der Waals surface area contributed by atoms with Gasteiger partial charge in [-0.25, -0.2) is 0 Å². The van der Waals surface area contributed by atoms with E-state index in [4.69, 9.17) is 27.9 Å². The van der Waals surface area contributed by atoms with Gasteiger partial charge in [0.25, 0.3) is 5.91 Å². The molecule has 0 spiro atoms. The maximum Gasteiger partial charge on any atom is 0.253 e. The third-order valence-corrected chi connectivity index (χ3v) is 4.14. The molecule has 0 aromatic heterocycles. The smallest absolute Gasteiger partial charge is 0.253 e. The van der Waals surface area contributed by atoms with Crippen LogP contribution in [0.3, 0.4) is 0 Å². The van der Waals surface area contributed by atoms with Crippen LogP contribution in [-0.4, -0.2) is 42.5 Å². The number of carbonyl (C=O) groups excluding carboxylic acids is 1. The molecular formula is C15H19Cl2NO2. The van der Waals surface area contributed by atoms with Gasteiger partial charge in [0.05, 0.1) is 12.7 Å². The molecule has 3 nitrogen and oxygen atoms in total. The van der Waals surface area contributed by atoms with E-state index in [2.05, 4.69) is 0 Å². The van der Waals surface area contributed by atoms with E-state index in [0.29, 0.717) is 23.1 Å². The second-order valence-electron chi connectivity index (χ2n) is 5.02. The molecule has 0 bridgehead atoms. The third kappa shape index (κ3) is 3.87. The number of likely N-dealkylation sites (tertiary alicyclic amines) is 1. The van der Waals surface area contributed by atoms with Crippen molar-refractivity contribution in [3.63, 3.8) is 0 Å². The molecule has 1 aromatic carbocycles. The summed E-state index contributed by atoms with van der Waals surface area (Å²) in [6.45, 7) is 3.95. The van der Waals surface area contributed by atoms with E-state index in [1.165, 1.54) is 0 Å². The number of halogens is 2. The normalized spacial score (nSPS) is 16.4. The van der Waals surface area contributed by atoms with Crippen LogP contribution in [0.15, 0.2) is 18.2 Å². The highest BCUT2D eigenvalue weighted by Gasteiger charge is 2.24. The molecule has 1 saturated heterocycles. The maximum atomic E-state index is 12.4. The lowest BCUT2D eigenvalue weighted by molar-refractivity contribution is 0.0154. The van der Waals surface area contributed by atoms with Gasteiger partial charge in [0.2, 0.25) is 0 Å². The Morgan fingerprint density at radius 1 is 1.40 bits per heavy atom. The lowest BCUT2D eigenvalue weighted by Gasteiger charge is -2.32. The molecule has 0 aliphatic carbocycles. The van der Waals surface area contributed by atoms with Crippen LogP contribution < -0.4 is 0 Å². The first-order chi connectivity index (χ1) is 9.61. The van der Waals surface area contributed by atoms with Crippen molar-refractivity contribution in [3.8, 4) is 0 Å². The second kappa shape index (κ2) is 7.30. The third-order valence-electron chi connectivity index (χ3n) is 3.56. The predicted molar refractivity (Wildman–Crippen MR) is 81.8 cm³/mol. The Kier molecular flexibility index (Phi) is 5.70. The molecule has 5 heteroatoms. The second-order valence-corrected chi connectivity index (χ2v) is 5.80. The standard InChI is InChI=1S/C15H19Cl2NO2/c1-11-10-12(2-3-14(11)17)15(19)18-7-4-13(5-8-18)20-9-6-16/h2-3,10,13H,4-9H2,1H3. The fourth-order valence-electron chi connectivity index (χ4n) is 2.40. The van der Waals surface area contributed by atoms with Gasteiger partial charge in [0.15, 0.2) is 0 Å². The Bertz CT molecular complexity index is 471. The van der Waals surface area contributed by atoms with Crippen LogP contribution in [0.5, 0.6) is 0 Å². The molecule has 0 atom stereocenters. The summed E-state index contributed by atoms with van der Waals surface area (Å²) in [6, 6.07) is 5.41.